The van der Waals surface area contributed by atoms with Gasteiger partial charge in [0.1, 0.15) is 0 Å². The van der Waals surface area contributed by atoms with E-state index in [0.717, 1.165) is 0 Å². The Hall–Kier alpha value is -2.24. The number of carbonyl (C=O) groups excluding carboxylic acids is 1. The maximum absolute atomic E-state index is 14.2. The Balaban J connectivity index is 0. The van der Waals surface area contributed by atoms with Crippen molar-refractivity contribution >= 4 is 5.97 Å². The predicted octanol–water partition coefficient (Wildman–Crippen LogP) is 9.07. The van der Waals surface area contributed by atoms with Crippen molar-refractivity contribution in [2.24, 2.45) is 5.41 Å². The van der Waals surface area contributed by atoms with Gasteiger partial charge in [0.2, 0.25) is 0 Å². The highest BCUT2D eigenvalue weighted by Gasteiger charge is 2.84. The SMILES string of the molecule is C=CC(=O)OCC(F)(F)OC(F)(F)C(F)(F)OC.CCC(C(C)(F)F)(C(C)(F)F)C(F)(F)OC(F)(F)C(F)(C(C)(F)F)C(C)(F)F. The van der Waals surface area contributed by atoms with Crippen LogP contribution in [0.15, 0.2) is 12.7 Å². The third-order valence-corrected chi connectivity index (χ3v) is 5.81. The maximum Gasteiger partial charge on any atom is 0.452 e. The lowest BCUT2D eigenvalue weighted by molar-refractivity contribution is -0.498. The van der Waals surface area contributed by atoms with Crippen LogP contribution in [-0.2, 0) is 23.7 Å². The van der Waals surface area contributed by atoms with Crippen molar-refractivity contribution in [3.8, 4) is 0 Å². The zero-order valence-corrected chi connectivity index (χ0v) is 23.9. The Labute approximate surface area is 246 Å². The molecule has 5 nitrogen and oxygen atoms in total. The van der Waals surface area contributed by atoms with Crippen molar-refractivity contribution < 1.29 is 107 Å². The third-order valence-electron chi connectivity index (χ3n) is 5.81. The fourth-order valence-electron chi connectivity index (χ4n) is 3.55. The lowest BCUT2D eigenvalue weighted by Crippen LogP contribution is -2.70. The Kier molecular flexibility index (Phi) is 13.7. The molecule has 0 radical (unpaired) electrons. The minimum absolute atomic E-state index is 0.174. The zero-order chi connectivity index (χ0) is 38.0. The van der Waals surface area contributed by atoms with Gasteiger partial charge in [-0.25, -0.2) is 49.0 Å². The van der Waals surface area contributed by atoms with Gasteiger partial charge in [-0.15, -0.1) is 0 Å². The third kappa shape index (κ3) is 9.22. The van der Waals surface area contributed by atoms with Gasteiger partial charge in [-0.1, -0.05) is 13.5 Å². The highest BCUT2D eigenvalue weighted by Crippen LogP contribution is 2.63. The molecule has 0 amide bonds. The molecule has 0 aliphatic carbocycles. The molecule has 0 bridgehead atoms. The molecule has 0 atom stereocenters. The van der Waals surface area contributed by atoms with Crippen LogP contribution >= 0.6 is 0 Å². The van der Waals surface area contributed by atoms with Gasteiger partial charge in [0.25, 0.3) is 23.7 Å². The second-order valence-electron chi connectivity index (χ2n) is 9.40. The van der Waals surface area contributed by atoms with Gasteiger partial charge in [-0.2, -0.15) is 43.9 Å². The van der Waals surface area contributed by atoms with E-state index in [9.17, 15) is 88.2 Å². The number of halogens is 19. The number of esters is 1. The molecule has 24 heteroatoms. The molecule has 46 heavy (non-hydrogen) atoms. The average molecular weight is 730 g/mol. The van der Waals surface area contributed by atoms with Gasteiger partial charge >= 0.3 is 42.2 Å². The second-order valence-corrected chi connectivity index (χ2v) is 9.40. The van der Waals surface area contributed by atoms with Crippen molar-refractivity contribution in [2.45, 2.75) is 101 Å². The first kappa shape index (κ1) is 45.9. The molecular formula is C22H25F19O5. The van der Waals surface area contributed by atoms with E-state index in [1.165, 1.54) is 0 Å². The first-order valence-corrected chi connectivity index (χ1v) is 11.6. The highest BCUT2D eigenvalue weighted by molar-refractivity contribution is 5.81. The van der Waals surface area contributed by atoms with E-state index in [1.54, 1.807) is 0 Å². The van der Waals surface area contributed by atoms with Crippen LogP contribution in [0.2, 0.25) is 0 Å². The Morgan fingerprint density at radius 3 is 1.22 bits per heavy atom. The summed E-state index contributed by atoms with van der Waals surface area (Å²) < 4.78 is 265. The van der Waals surface area contributed by atoms with Gasteiger partial charge in [-0.3, -0.25) is 4.74 Å². The van der Waals surface area contributed by atoms with E-state index in [4.69, 9.17) is 0 Å². The molecule has 0 fully saturated rings. The van der Waals surface area contributed by atoms with Crippen LogP contribution in [0.3, 0.4) is 0 Å². The zero-order valence-electron chi connectivity index (χ0n) is 23.9. The average Bonchev–Trinajstić information content (AvgIpc) is 2.77. The van der Waals surface area contributed by atoms with Crippen LogP contribution in [-0.4, -0.2) is 79.6 Å². The lowest BCUT2D eigenvalue weighted by Gasteiger charge is -2.48. The normalized spacial score (nSPS) is 15.2. The molecule has 0 spiro atoms. The number of carbonyl (C=O) groups is 1. The van der Waals surface area contributed by atoms with Gasteiger partial charge in [-0.05, 0) is 6.42 Å². The number of hydrogen-bond donors (Lipinski definition) is 0. The van der Waals surface area contributed by atoms with E-state index in [1.807, 2.05) is 0 Å². The van der Waals surface area contributed by atoms with Gasteiger partial charge in [0.15, 0.2) is 12.0 Å². The standard InChI is InChI=1S/C14H17F13O.C8H8F6O4/c1-6-11(7(2,15)16,8(3,17)18)13(24,25)28-14(26,27)12(23,9(4,19)20)10(5,21)22;1-3-5(15)17-4-6(9,10)18-8(13,14)7(11,12)16-2/h6H2,1-5H3;3H,1,4H2,2H3. The molecule has 0 aliphatic rings. The summed E-state index contributed by atoms with van der Waals surface area (Å²) in [6.45, 7) is -1.61. The molecule has 0 saturated heterocycles. The van der Waals surface area contributed by atoms with Crippen molar-refractivity contribution in [1.82, 2.24) is 0 Å². The van der Waals surface area contributed by atoms with Gasteiger partial charge in [0, 0.05) is 40.9 Å². The summed E-state index contributed by atoms with van der Waals surface area (Å²) in [6.07, 6.45) is -30.6. The molecular weight excluding hydrogens is 705 g/mol. The summed E-state index contributed by atoms with van der Waals surface area (Å²) in [4.78, 5) is 10.4. The van der Waals surface area contributed by atoms with E-state index in [0.29, 0.717) is 6.08 Å². The highest BCUT2D eigenvalue weighted by atomic mass is 19.3. The van der Waals surface area contributed by atoms with Crippen LogP contribution < -0.4 is 0 Å². The quantitative estimate of drug-likeness (QED) is 0.0902. The summed E-state index contributed by atoms with van der Waals surface area (Å²) in [6, 6.07) is 0. The molecule has 0 N–H and O–H groups in total. The number of ether oxygens (including phenoxy) is 4. The van der Waals surface area contributed by atoms with E-state index in [-0.39, 0.29) is 14.0 Å². The minimum atomic E-state index is -6.88. The molecule has 276 valence electrons. The Bertz CT molecular complexity index is 995. The molecule has 0 saturated carbocycles. The summed E-state index contributed by atoms with van der Waals surface area (Å²) in [5.41, 5.74) is -11.6. The van der Waals surface area contributed by atoms with Crippen LogP contribution in [0.25, 0.3) is 0 Å². The Morgan fingerprint density at radius 1 is 0.587 bits per heavy atom. The molecule has 0 heterocycles. The molecule has 0 aromatic rings. The smallest absolute Gasteiger partial charge is 0.452 e. The molecule has 0 aliphatic heterocycles. The number of alkyl halides is 19. The number of hydrogen-bond acceptors (Lipinski definition) is 5. The van der Waals surface area contributed by atoms with E-state index >= 15 is 0 Å². The molecule has 0 aromatic carbocycles. The largest absolute Gasteiger partial charge is 0.453 e. The van der Waals surface area contributed by atoms with E-state index < -0.39 is 112 Å². The van der Waals surface area contributed by atoms with Crippen molar-refractivity contribution in [1.29, 1.82) is 0 Å². The second kappa shape index (κ2) is 13.7. The summed E-state index contributed by atoms with van der Waals surface area (Å²) in [5.74, 6) is -23.4. The first-order chi connectivity index (χ1) is 19.7. The maximum atomic E-state index is 14.2. The molecule has 0 rings (SSSR count). The van der Waals surface area contributed by atoms with Gasteiger partial charge in [0.05, 0.1) is 0 Å². The lowest BCUT2D eigenvalue weighted by atomic mass is 9.72. The number of rotatable bonds is 16. The first-order valence-electron chi connectivity index (χ1n) is 11.6. The predicted molar refractivity (Wildman–Crippen MR) is 114 cm³/mol. The fraction of sp³-hybridized carbons (Fsp3) is 0.864. The number of methoxy groups -OCH3 is 1. The van der Waals surface area contributed by atoms with Crippen LogP contribution in [0.1, 0.15) is 41.0 Å². The monoisotopic (exact) mass is 730 g/mol. The van der Waals surface area contributed by atoms with Crippen LogP contribution in [0.5, 0.6) is 0 Å². The molecule has 0 unspecified atom stereocenters. The summed E-state index contributed by atoms with van der Waals surface area (Å²) >= 11 is 0. The van der Waals surface area contributed by atoms with Crippen molar-refractivity contribution in [3.05, 3.63) is 12.7 Å². The molecule has 0 aromatic heterocycles. The van der Waals surface area contributed by atoms with Crippen molar-refractivity contribution in [3.63, 3.8) is 0 Å². The summed E-state index contributed by atoms with van der Waals surface area (Å²) in [7, 11) is 0.174. The van der Waals surface area contributed by atoms with E-state index in [2.05, 4.69) is 25.5 Å². The Morgan fingerprint density at radius 2 is 0.957 bits per heavy atom. The van der Waals surface area contributed by atoms with Crippen LogP contribution in [0, 0.1) is 5.41 Å². The minimum Gasteiger partial charge on any atom is -0.453 e. The van der Waals surface area contributed by atoms with Crippen molar-refractivity contribution in [2.75, 3.05) is 13.7 Å². The topological polar surface area (TPSA) is 54.0 Å². The fourth-order valence-corrected chi connectivity index (χ4v) is 3.55. The van der Waals surface area contributed by atoms with Crippen LogP contribution in [0.4, 0.5) is 83.4 Å². The van der Waals surface area contributed by atoms with Gasteiger partial charge < -0.3 is 9.47 Å². The summed E-state index contributed by atoms with van der Waals surface area (Å²) in [5, 5.41) is 0.